The molecular formula is C23H32F3N7OS. The molecule has 12 heteroatoms. The van der Waals surface area contributed by atoms with Gasteiger partial charge in [0.05, 0.1) is 16.8 Å². The number of aromatic nitrogens is 1. The lowest BCUT2D eigenvalue weighted by atomic mass is 10.0. The van der Waals surface area contributed by atoms with Crippen molar-refractivity contribution in [2.45, 2.75) is 39.5 Å². The van der Waals surface area contributed by atoms with Crippen LogP contribution in [0.2, 0.25) is 0 Å². The van der Waals surface area contributed by atoms with Gasteiger partial charge in [-0.25, -0.2) is 4.98 Å². The molecule has 1 aromatic heterocycles. The van der Waals surface area contributed by atoms with E-state index in [-0.39, 0.29) is 12.1 Å². The number of halogens is 3. The maximum Gasteiger partial charge on any atom is 0.573 e. The Morgan fingerprint density at radius 2 is 2.06 bits per heavy atom. The number of anilines is 1. The molecule has 0 aliphatic carbocycles. The number of nitrogens with zero attached hydrogens (tertiary/aromatic N) is 2. The minimum Gasteiger partial charge on any atom is -0.405 e. The van der Waals surface area contributed by atoms with Crippen LogP contribution in [0.5, 0.6) is 0 Å². The number of rotatable bonds is 14. The summed E-state index contributed by atoms with van der Waals surface area (Å²) in [5.74, 6) is -0.0513. The van der Waals surface area contributed by atoms with Gasteiger partial charge in [-0.3, -0.25) is 5.43 Å². The number of allylic oxidation sites excluding steroid dienone is 6. The SMILES string of the molecule is C=CN/N=C\C(=C/CC(=N)/C(=C\NC)OC(F)(F)F)c1sc(CC(/C=C\N)=C(\C)CC)nc1NC. The summed E-state index contributed by atoms with van der Waals surface area (Å²) in [4.78, 5) is 5.38. The molecule has 0 radical (unpaired) electrons. The molecule has 0 unspecified atom stereocenters. The van der Waals surface area contributed by atoms with Crippen LogP contribution < -0.4 is 21.8 Å². The summed E-state index contributed by atoms with van der Waals surface area (Å²) < 4.78 is 42.2. The van der Waals surface area contributed by atoms with Gasteiger partial charge in [-0.15, -0.1) is 24.5 Å². The predicted octanol–water partition coefficient (Wildman–Crippen LogP) is 5.04. The van der Waals surface area contributed by atoms with Crippen LogP contribution in [0.1, 0.15) is 36.6 Å². The summed E-state index contributed by atoms with van der Waals surface area (Å²) >= 11 is 1.41. The van der Waals surface area contributed by atoms with Crippen molar-refractivity contribution in [1.82, 2.24) is 15.7 Å². The molecule has 0 atom stereocenters. The lowest BCUT2D eigenvalue weighted by Crippen LogP contribution is -2.19. The summed E-state index contributed by atoms with van der Waals surface area (Å²) in [6, 6.07) is 0. The van der Waals surface area contributed by atoms with E-state index in [0.29, 0.717) is 22.7 Å². The zero-order valence-corrected chi connectivity index (χ0v) is 21.0. The zero-order valence-electron chi connectivity index (χ0n) is 20.2. The average molecular weight is 512 g/mol. The summed E-state index contributed by atoms with van der Waals surface area (Å²) in [5, 5.41) is 18.5. The molecule has 192 valence electrons. The summed E-state index contributed by atoms with van der Waals surface area (Å²) in [7, 11) is 3.14. The molecule has 0 saturated heterocycles. The molecule has 0 spiro atoms. The van der Waals surface area contributed by atoms with E-state index in [9.17, 15) is 13.2 Å². The molecule has 0 amide bonds. The Morgan fingerprint density at radius 1 is 1.34 bits per heavy atom. The summed E-state index contributed by atoms with van der Waals surface area (Å²) in [6.45, 7) is 7.63. The highest BCUT2D eigenvalue weighted by Crippen LogP contribution is 2.32. The molecule has 1 heterocycles. The largest absolute Gasteiger partial charge is 0.573 e. The Labute approximate surface area is 207 Å². The normalized spacial score (nSPS) is 13.7. The van der Waals surface area contributed by atoms with Gasteiger partial charge in [0.25, 0.3) is 0 Å². The van der Waals surface area contributed by atoms with Gasteiger partial charge in [0.1, 0.15) is 10.8 Å². The number of hydrogen-bond donors (Lipinski definition) is 5. The fourth-order valence-electron chi connectivity index (χ4n) is 2.77. The highest BCUT2D eigenvalue weighted by molar-refractivity contribution is 7.13. The third kappa shape index (κ3) is 10.1. The second-order valence-electron chi connectivity index (χ2n) is 7.01. The fraction of sp³-hybridized carbons (Fsp3) is 0.348. The third-order valence-corrected chi connectivity index (χ3v) is 5.69. The van der Waals surface area contributed by atoms with E-state index in [1.807, 2.05) is 13.0 Å². The van der Waals surface area contributed by atoms with E-state index in [0.717, 1.165) is 23.2 Å². The lowest BCUT2D eigenvalue weighted by Gasteiger charge is -2.13. The zero-order chi connectivity index (χ0) is 26.4. The second kappa shape index (κ2) is 14.7. The maximum atomic E-state index is 12.7. The maximum absolute atomic E-state index is 12.7. The molecule has 1 aromatic rings. The Bertz CT molecular complexity index is 1020. The third-order valence-electron chi connectivity index (χ3n) is 4.58. The van der Waals surface area contributed by atoms with E-state index in [2.05, 4.69) is 44.4 Å². The smallest absolute Gasteiger partial charge is 0.405 e. The first-order valence-electron chi connectivity index (χ1n) is 10.6. The number of hydrazone groups is 1. The van der Waals surface area contributed by atoms with Gasteiger partial charge >= 0.3 is 6.36 Å². The van der Waals surface area contributed by atoms with Gasteiger partial charge in [0, 0.05) is 44.9 Å². The number of hydrogen-bond acceptors (Lipinski definition) is 9. The molecular weight excluding hydrogens is 479 g/mol. The van der Waals surface area contributed by atoms with Gasteiger partial charge in [0.2, 0.25) is 0 Å². The van der Waals surface area contributed by atoms with E-state index < -0.39 is 12.1 Å². The molecule has 0 saturated carbocycles. The summed E-state index contributed by atoms with van der Waals surface area (Å²) in [6.07, 6.45) is 5.15. The molecule has 0 aromatic carbocycles. The molecule has 6 N–H and O–H groups in total. The number of alkyl halides is 3. The van der Waals surface area contributed by atoms with E-state index in [1.165, 1.54) is 42.6 Å². The van der Waals surface area contributed by atoms with Crippen LogP contribution in [0.3, 0.4) is 0 Å². The van der Waals surface area contributed by atoms with E-state index in [1.54, 1.807) is 13.1 Å². The Balaban J connectivity index is 3.39. The Hall–Kier alpha value is -3.54. The van der Waals surface area contributed by atoms with Crippen molar-refractivity contribution in [3.8, 4) is 0 Å². The minimum atomic E-state index is -4.91. The molecule has 0 fully saturated rings. The molecule has 35 heavy (non-hydrogen) atoms. The average Bonchev–Trinajstić information content (AvgIpc) is 3.21. The van der Waals surface area contributed by atoms with Crippen LogP contribution in [-0.4, -0.2) is 37.4 Å². The van der Waals surface area contributed by atoms with Crippen molar-refractivity contribution in [2.24, 2.45) is 10.8 Å². The van der Waals surface area contributed by atoms with E-state index in [4.69, 9.17) is 11.1 Å². The van der Waals surface area contributed by atoms with Gasteiger partial charge < -0.3 is 26.5 Å². The number of nitrogens with two attached hydrogens (primary N) is 1. The van der Waals surface area contributed by atoms with Crippen LogP contribution in [0.25, 0.3) is 5.57 Å². The minimum absolute atomic E-state index is 0.147. The van der Waals surface area contributed by atoms with Crippen LogP contribution in [0.15, 0.2) is 59.3 Å². The molecule has 0 bridgehead atoms. The first-order chi connectivity index (χ1) is 16.6. The molecule has 8 nitrogen and oxygen atoms in total. The number of ether oxygens (including phenoxy) is 1. The lowest BCUT2D eigenvalue weighted by molar-refractivity contribution is -0.302. The van der Waals surface area contributed by atoms with Gasteiger partial charge in [-0.1, -0.05) is 25.2 Å². The first kappa shape index (κ1) is 29.5. The van der Waals surface area contributed by atoms with Gasteiger partial charge in [0.15, 0.2) is 5.76 Å². The van der Waals surface area contributed by atoms with E-state index >= 15 is 0 Å². The van der Waals surface area contributed by atoms with Crippen LogP contribution in [0, 0.1) is 5.41 Å². The fourth-order valence-corrected chi connectivity index (χ4v) is 3.87. The van der Waals surface area contributed by atoms with Crippen molar-refractivity contribution in [3.05, 3.63) is 64.1 Å². The molecule has 0 aliphatic heterocycles. The van der Waals surface area contributed by atoms with Crippen molar-refractivity contribution >= 4 is 34.7 Å². The van der Waals surface area contributed by atoms with Crippen LogP contribution in [-0.2, 0) is 11.2 Å². The Morgan fingerprint density at radius 3 is 2.60 bits per heavy atom. The van der Waals surface area contributed by atoms with Crippen molar-refractivity contribution in [1.29, 1.82) is 5.41 Å². The van der Waals surface area contributed by atoms with Crippen LogP contribution >= 0.6 is 11.3 Å². The van der Waals surface area contributed by atoms with Crippen LogP contribution in [0.4, 0.5) is 19.0 Å². The topological polar surface area (TPSA) is 120 Å². The first-order valence-corrected chi connectivity index (χ1v) is 11.5. The van der Waals surface area contributed by atoms with Gasteiger partial charge in [-0.05, 0) is 31.2 Å². The second-order valence-corrected chi connectivity index (χ2v) is 8.09. The number of nitrogens with one attached hydrogen (secondary N) is 4. The number of thiazole rings is 1. The standard InChI is InChI=1S/C23H32F3N7OS/c1-6-15(3)16(10-11-27)12-20-33-22(30-5)21(35-20)17(13-32-31-7-2)8-9-18(28)19(14-29-4)34-23(24,25)26/h7-8,10-11,13-14,28-31H,2,6,9,12,27H2,1,3-5H3/b11-10-,16-15+,17-8+,19-14+,28-18?,32-13-. The monoisotopic (exact) mass is 511 g/mol. The van der Waals surface area contributed by atoms with Crippen molar-refractivity contribution in [2.75, 3.05) is 19.4 Å². The molecule has 1 rings (SSSR count). The highest BCUT2D eigenvalue weighted by Gasteiger charge is 2.33. The predicted molar refractivity (Wildman–Crippen MR) is 138 cm³/mol. The quantitative estimate of drug-likeness (QED) is 0.103. The molecule has 0 aliphatic rings. The Kier molecular flexibility index (Phi) is 12.4. The highest BCUT2D eigenvalue weighted by atomic mass is 32.1. The summed E-state index contributed by atoms with van der Waals surface area (Å²) in [5.41, 5.74) is 10.6. The van der Waals surface area contributed by atoms with Gasteiger partial charge in [-0.2, -0.15) is 5.10 Å². The van der Waals surface area contributed by atoms with Crippen molar-refractivity contribution < 1.29 is 17.9 Å². The van der Waals surface area contributed by atoms with Crippen molar-refractivity contribution in [3.63, 3.8) is 0 Å².